The molecule has 0 saturated heterocycles. The van der Waals surface area contributed by atoms with E-state index in [-0.39, 0.29) is 17.3 Å². The van der Waals surface area contributed by atoms with Crippen LogP contribution in [0.15, 0.2) is 42.6 Å². The highest BCUT2D eigenvalue weighted by molar-refractivity contribution is 6.05. The summed E-state index contributed by atoms with van der Waals surface area (Å²) in [4.78, 5) is 29.0. The fourth-order valence-corrected chi connectivity index (χ4v) is 3.37. The van der Waals surface area contributed by atoms with E-state index in [1.54, 1.807) is 32.9 Å². The summed E-state index contributed by atoms with van der Waals surface area (Å²) < 4.78 is 80.9. The van der Waals surface area contributed by atoms with Crippen LogP contribution in [0, 0.1) is 6.92 Å². The van der Waals surface area contributed by atoms with Crippen LogP contribution < -0.4 is 10.6 Å². The summed E-state index contributed by atoms with van der Waals surface area (Å²) >= 11 is 0. The zero-order valence-corrected chi connectivity index (χ0v) is 19.3. The Morgan fingerprint density at radius 2 is 1.72 bits per heavy atom. The van der Waals surface area contributed by atoms with Gasteiger partial charge in [0.2, 0.25) is 5.91 Å². The van der Waals surface area contributed by atoms with Gasteiger partial charge in [0.1, 0.15) is 5.56 Å². The second-order valence-electron chi connectivity index (χ2n) is 8.15. The maximum atomic E-state index is 13.5. The monoisotopic (exact) mass is 513 g/mol. The number of amides is 2. The Hall–Kier alpha value is -3.90. The lowest BCUT2D eigenvalue weighted by Crippen LogP contribution is -2.31. The number of nitrogens with zero attached hydrogens (tertiary/aromatic N) is 3. The molecule has 13 heteroatoms. The summed E-state index contributed by atoms with van der Waals surface area (Å²) in [7, 11) is 0. The van der Waals surface area contributed by atoms with E-state index in [2.05, 4.69) is 20.7 Å². The molecule has 0 aliphatic carbocycles. The van der Waals surface area contributed by atoms with E-state index in [1.165, 1.54) is 6.07 Å². The van der Waals surface area contributed by atoms with Crippen LogP contribution in [0.25, 0.3) is 5.82 Å². The van der Waals surface area contributed by atoms with Crippen molar-refractivity contribution in [2.24, 2.45) is 0 Å². The van der Waals surface area contributed by atoms with Gasteiger partial charge in [-0.1, -0.05) is 12.1 Å². The average molecular weight is 513 g/mol. The van der Waals surface area contributed by atoms with E-state index in [0.29, 0.717) is 22.4 Å². The summed E-state index contributed by atoms with van der Waals surface area (Å²) in [6.45, 7) is 5.08. The summed E-state index contributed by atoms with van der Waals surface area (Å²) in [5.41, 5.74) is -2.56. The lowest BCUT2D eigenvalue weighted by molar-refractivity contribution is -0.141. The van der Waals surface area contributed by atoms with Gasteiger partial charge in [-0.15, -0.1) is 0 Å². The van der Waals surface area contributed by atoms with E-state index < -0.39 is 53.4 Å². The highest BCUT2D eigenvalue weighted by atomic mass is 19.4. The minimum absolute atomic E-state index is 0.116. The van der Waals surface area contributed by atoms with E-state index >= 15 is 0 Å². The summed E-state index contributed by atoms with van der Waals surface area (Å²) in [6, 6.07) is 6.55. The molecule has 36 heavy (non-hydrogen) atoms. The van der Waals surface area contributed by atoms with E-state index in [4.69, 9.17) is 0 Å². The van der Waals surface area contributed by atoms with Gasteiger partial charge in [0, 0.05) is 12.2 Å². The molecule has 3 rings (SSSR count). The molecule has 3 aromatic rings. The number of anilines is 1. The quantitative estimate of drug-likeness (QED) is 0.458. The number of hydrogen-bond acceptors (Lipinski definition) is 4. The molecule has 2 heterocycles. The molecule has 0 bridgehead atoms. The molecule has 0 fully saturated rings. The molecule has 0 unspecified atom stereocenters. The van der Waals surface area contributed by atoms with Crippen molar-refractivity contribution >= 4 is 17.5 Å². The van der Waals surface area contributed by atoms with Crippen LogP contribution in [0.1, 0.15) is 46.7 Å². The normalized spacial score (nSPS) is 12.1. The summed E-state index contributed by atoms with van der Waals surface area (Å²) in [5, 5.41) is 8.43. The van der Waals surface area contributed by atoms with Crippen molar-refractivity contribution in [2.75, 3.05) is 5.32 Å². The van der Waals surface area contributed by atoms with Crippen molar-refractivity contribution in [3.8, 4) is 5.82 Å². The van der Waals surface area contributed by atoms with Crippen LogP contribution >= 0.6 is 0 Å². The van der Waals surface area contributed by atoms with Crippen molar-refractivity contribution in [3.63, 3.8) is 0 Å². The average Bonchev–Trinajstić information content (AvgIpc) is 3.18. The molecule has 0 radical (unpaired) electrons. The van der Waals surface area contributed by atoms with Gasteiger partial charge in [-0.2, -0.15) is 31.4 Å². The van der Waals surface area contributed by atoms with Gasteiger partial charge in [0.15, 0.2) is 11.5 Å². The van der Waals surface area contributed by atoms with Crippen molar-refractivity contribution in [3.05, 3.63) is 70.7 Å². The Bertz CT molecular complexity index is 1280. The van der Waals surface area contributed by atoms with E-state index in [0.717, 1.165) is 12.3 Å². The second-order valence-corrected chi connectivity index (χ2v) is 8.15. The van der Waals surface area contributed by atoms with E-state index in [9.17, 15) is 35.9 Å². The Balaban J connectivity index is 2.01. The van der Waals surface area contributed by atoms with Crippen LogP contribution in [-0.4, -0.2) is 32.6 Å². The first-order valence-electron chi connectivity index (χ1n) is 10.6. The van der Waals surface area contributed by atoms with Gasteiger partial charge in [-0.25, -0.2) is 9.67 Å². The van der Waals surface area contributed by atoms with Gasteiger partial charge < -0.3 is 10.6 Å². The fourth-order valence-electron chi connectivity index (χ4n) is 3.37. The molecule has 0 saturated carbocycles. The first-order chi connectivity index (χ1) is 16.7. The molecule has 0 aliphatic rings. The molecule has 1 aromatic carbocycles. The maximum Gasteiger partial charge on any atom is 0.435 e. The number of alkyl halides is 6. The smallest absolute Gasteiger partial charge is 0.350 e. The van der Waals surface area contributed by atoms with Crippen molar-refractivity contribution in [1.29, 1.82) is 0 Å². The number of pyridine rings is 1. The van der Waals surface area contributed by atoms with Crippen LogP contribution in [0.2, 0.25) is 0 Å². The second kappa shape index (κ2) is 9.99. The lowest BCUT2D eigenvalue weighted by atomic mass is 10.1. The zero-order valence-electron chi connectivity index (χ0n) is 19.3. The van der Waals surface area contributed by atoms with Crippen molar-refractivity contribution < 1.29 is 35.9 Å². The third kappa shape index (κ3) is 6.01. The minimum atomic E-state index is -4.98. The highest BCUT2D eigenvalue weighted by Crippen LogP contribution is 2.35. The largest absolute Gasteiger partial charge is 0.435 e. The summed E-state index contributed by atoms with van der Waals surface area (Å²) in [6.07, 6.45) is -9.73. The number of para-hydroxylation sites is 1. The van der Waals surface area contributed by atoms with Gasteiger partial charge in [0.05, 0.1) is 23.4 Å². The third-order valence-corrected chi connectivity index (χ3v) is 4.91. The Labute approximate surface area is 201 Å². The molecular weight excluding hydrogens is 492 g/mol. The van der Waals surface area contributed by atoms with Crippen molar-refractivity contribution in [1.82, 2.24) is 20.1 Å². The topological polar surface area (TPSA) is 88.9 Å². The molecule has 192 valence electrons. The van der Waals surface area contributed by atoms with Gasteiger partial charge in [0.25, 0.3) is 5.91 Å². The lowest BCUT2D eigenvalue weighted by Gasteiger charge is -2.16. The van der Waals surface area contributed by atoms with Gasteiger partial charge in [-0.05, 0) is 50.6 Å². The van der Waals surface area contributed by atoms with Crippen LogP contribution in [0.3, 0.4) is 0 Å². The number of hydrogen-bond donors (Lipinski definition) is 2. The third-order valence-electron chi connectivity index (χ3n) is 4.91. The number of benzene rings is 1. The molecule has 2 N–H and O–H groups in total. The first-order valence-corrected chi connectivity index (χ1v) is 10.6. The molecule has 0 atom stereocenters. The Morgan fingerprint density at radius 3 is 2.33 bits per heavy atom. The Kier molecular flexibility index (Phi) is 7.41. The predicted octanol–water partition coefficient (Wildman–Crippen LogP) is 4.93. The fraction of sp³-hybridized carbons (Fsp3) is 0.304. The molecule has 2 aromatic heterocycles. The Morgan fingerprint density at radius 1 is 1.03 bits per heavy atom. The first kappa shape index (κ1) is 26.7. The number of nitrogens with one attached hydrogen (secondary N) is 2. The standard InChI is InChI=1S/C23H21F6N5O2/c1-12(2)31-21(36)15-7-4-6-13(3)19(15)32-18(35)11-14-10-17(23(27,28)29)33-34(14)20-16(22(24,25)26)8-5-9-30-20/h4-10,12H,11H2,1-3H3,(H,31,36)(H,32,35). The molecule has 0 aliphatic heterocycles. The molecule has 2 amide bonds. The number of rotatable bonds is 6. The SMILES string of the molecule is Cc1cccc(C(=O)NC(C)C)c1NC(=O)Cc1cc(C(F)(F)F)nn1-c1ncccc1C(F)(F)F. The van der Waals surface area contributed by atoms with E-state index in [1.807, 2.05) is 0 Å². The minimum Gasteiger partial charge on any atom is -0.350 e. The molecular formula is C23H21F6N5O2. The number of carbonyl (C=O) groups excluding carboxylic acids is 2. The zero-order chi connectivity index (χ0) is 26.8. The number of aromatic nitrogens is 3. The van der Waals surface area contributed by atoms with Gasteiger partial charge >= 0.3 is 12.4 Å². The van der Waals surface area contributed by atoms with Crippen molar-refractivity contribution in [2.45, 2.75) is 45.6 Å². The van der Waals surface area contributed by atoms with Crippen LogP contribution in [0.4, 0.5) is 32.0 Å². The number of halogens is 6. The predicted molar refractivity (Wildman–Crippen MR) is 117 cm³/mol. The number of carbonyl (C=O) groups is 2. The molecule has 0 spiro atoms. The van der Waals surface area contributed by atoms with Crippen LogP contribution in [-0.2, 0) is 23.6 Å². The number of aryl methyl sites for hydroxylation is 1. The molecule has 7 nitrogen and oxygen atoms in total. The highest BCUT2D eigenvalue weighted by Gasteiger charge is 2.39. The van der Waals surface area contributed by atoms with Crippen LogP contribution in [0.5, 0.6) is 0 Å². The summed E-state index contributed by atoms with van der Waals surface area (Å²) in [5.74, 6) is -2.27. The van der Waals surface area contributed by atoms with Gasteiger partial charge in [-0.3, -0.25) is 9.59 Å². The maximum absolute atomic E-state index is 13.5.